The lowest BCUT2D eigenvalue weighted by molar-refractivity contribution is 0.0353. The molecular weight excluding hydrogens is 128 g/mol. The monoisotopic (exact) mass is 142 g/mol. The molecule has 2 aliphatic heterocycles. The molecule has 10 heavy (non-hydrogen) atoms. The summed E-state index contributed by atoms with van der Waals surface area (Å²) in [5.41, 5.74) is 0. The van der Waals surface area contributed by atoms with E-state index in [0.29, 0.717) is 12.1 Å². The van der Waals surface area contributed by atoms with Crippen molar-refractivity contribution in [3.8, 4) is 0 Å². The van der Waals surface area contributed by atoms with Gasteiger partial charge in [-0.15, -0.1) is 0 Å². The van der Waals surface area contributed by atoms with Crippen LogP contribution in [0.1, 0.15) is 25.7 Å². The maximum Gasteiger partial charge on any atom is 0.0571 e. The quantitative estimate of drug-likeness (QED) is 0.462. The first-order chi connectivity index (χ1) is 4.77. The Kier molecular flexibility index (Phi) is 1.44. The first-order valence-corrected chi connectivity index (χ1v) is 3.98. The van der Waals surface area contributed by atoms with E-state index in [2.05, 4.69) is 0 Å². The smallest absolute Gasteiger partial charge is 0.0571 e. The van der Waals surface area contributed by atoms with Gasteiger partial charge in [-0.1, -0.05) is 0 Å². The Morgan fingerprint density at radius 2 is 1.70 bits per heavy atom. The maximum atomic E-state index is 9.33. The van der Waals surface area contributed by atoms with Crippen molar-refractivity contribution in [2.45, 2.75) is 43.9 Å². The van der Waals surface area contributed by atoms with Gasteiger partial charge in [0, 0.05) is 12.1 Å². The summed E-state index contributed by atoms with van der Waals surface area (Å²) in [5.74, 6) is 5.77. The third-order valence-corrected chi connectivity index (χ3v) is 2.76. The molecule has 0 aromatic heterocycles. The zero-order valence-electron chi connectivity index (χ0n) is 6.03. The average molecular weight is 142 g/mol. The van der Waals surface area contributed by atoms with Crippen LogP contribution in [0.15, 0.2) is 0 Å². The predicted octanol–water partition coefficient (Wildman–Crippen LogP) is -0.152. The largest absolute Gasteiger partial charge is 0.393 e. The molecule has 3 nitrogen and oxygen atoms in total. The topological polar surface area (TPSA) is 49.5 Å². The summed E-state index contributed by atoms with van der Waals surface area (Å²) in [7, 11) is 0. The van der Waals surface area contributed by atoms with Crippen LogP contribution in [0.3, 0.4) is 0 Å². The predicted molar refractivity (Wildman–Crippen MR) is 38.1 cm³/mol. The molecule has 0 radical (unpaired) electrons. The van der Waals surface area contributed by atoms with Gasteiger partial charge in [-0.3, -0.25) is 5.84 Å². The highest BCUT2D eigenvalue weighted by atomic mass is 16.3. The molecule has 2 saturated heterocycles. The van der Waals surface area contributed by atoms with Gasteiger partial charge in [-0.05, 0) is 25.7 Å². The highest BCUT2D eigenvalue weighted by Gasteiger charge is 2.38. The van der Waals surface area contributed by atoms with Gasteiger partial charge >= 0.3 is 0 Å². The number of hydrazine groups is 1. The summed E-state index contributed by atoms with van der Waals surface area (Å²) in [4.78, 5) is 0. The summed E-state index contributed by atoms with van der Waals surface area (Å²) >= 11 is 0. The van der Waals surface area contributed by atoms with Crippen molar-refractivity contribution < 1.29 is 5.11 Å². The molecule has 0 aromatic carbocycles. The molecule has 0 aliphatic carbocycles. The van der Waals surface area contributed by atoms with E-state index in [-0.39, 0.29) is 6.10 Å². The van der Waals surface area contributed by atoms with Crippen LogP contribution in [-0.2, 0) is 0 Å². The van der Waals surface area contributed by atoms with E-state index < -0.39 is 0 Å². The molecule has 2 rings (SSSR count). The Labute approximate surface area is 60.8 Å². The van der Waals surface area contributed by atoms with Crippen LogP contribution < -0.4 is 5.84 Å². The first kappa shape index (κ1) is 6.58. The Morgan fingerprint density at radius 1 is 1.20 bits per heavy atom. The highest BCUT2D eigenvalue weighted by molar-refractivity contribution is 4.92. The first-order valence-electron chi connectivity index (χ1n) is 3.98. The molecule has 0 amide bonds. The molecule has 2 fully saturated rings. The number of hydrogen-bond acceptors (Lipinski definition) is 3. The van der Waals surface area contributed by atoms with Crippen molar-refractivity contribution in [2.75, 3.05) is 0 Å². The van der Waals surface area contributed by atoms with E-state index in [1.54, 1.807) is 0 Å². The SMILES string of the molecule is NN1[C@@H]2CC[C@H]1CC(O)C2. The van der Waals surface area contributed by atoms with Gasteiger partial charge < -0.3 is 5.11 Å². The van der Waals surface area contributed by atoms with Gasteiger partial charge in [0.1, 0.15) is 0 Å². The third kappa shape index (κ3) is 0.856. The van der Waals surface area contributed by atoms with E-state index in [1.807, 2.05) is 5.01 Å². The zero-order chi connectivity index (χ0) is 7.14. The Morgan fingerprint density at radius 3 is 2.20 bits per heavy atom. The van der Waals surface area contributed by atoms with Gasteiger partial charge in [-0.2, -0.15) is 0 Å². The van der Waals surface area contributed by atoms with Crippen molar-refractivity contribution in [3.63, 3.8) is 0 Å². The lowest BCUT2D eigenvalue weighted by Gasteiger charge is -2.33. The van der Waals surface area contributed by atoms with Crippen molar-refractivity contribution in [2.24, 2.45) is 5.84 Å². The van der Waals surface area contributed by atoms with Crippen molar-refractivity contribution in [1.29, 1.82) is 0 Å². The molecule has 3 heteroatoms. The van der Waals surface area contributed by atoms with Gasteiger partial charge in [0.2, 0.25) is 0 Å². The summed E-state index contributed by atoms with van der Waals surface area (Å²) in [6.07, 6.45) is 4.04. The summed E-state index contributed by atoms with van der Waals surface area (Å²) < 4.78 is 0. The standard InChI is InChI=1S/C7H14N2O/c8-9-5-1-2-6(9)4-7(10)3-5/h5-7,10H,1-4,8H2/t5-,6+,7?. The zero-order valence-corrected chi connectivity index (χ0v) is 6.03. The van der Waals surface area contributed by atoms with Crippen LogP contribution in [0.25, 0.3) is 0 Å². The minimum atomic E-state index is -0.0858. The van der Waals surface area contributed by atoms with E-state index in [9.17, 15) is 5.11 Å². The number of aliphatic hydroxyl groups is 1. The fourth-order valence-corrected chi connectivity index (χ4v) is 2.18. The van der Waals surface area contributed by atoms with Gasteiger partial charge in [0.05, 0.1) is 6.10 Å². The van der Waals surface area contributed by atoms with E-state index in [0.717, 1.165) is 12.8 Å². The molecule has 2 aliphatic rings. The number of fused-ring (bicyclic) bond motifs is 2. The Hall–Kier alpha value is -0.120. The number of nitrogens with two attached hydrogens (primary N) is 1. The van der Waals surface area contributed by atoms with Crippen LogP contribution in [0, 0.1) is 0 Å². The molecule has 0 aromatic rings. The number of aliphatic hydroxyl groups excluding tert-OH is 1. The van der Waals surface area contributed by atoms with Crippen LogP contribution in [0.4, 0.5) is 0 Å². The molecule has 58 valence electrons. The fourth-order valence-electron chi connectivity index (χ4n) is 2.18. The molecule has 2 heterocycles. The van der Waals surface area contributed by atoms with Crippen molar-refractivity contribution in [1.82, 2.24) is 5.01 Å². The second-order valence-corrected chi connectivity index (χ2v) is 3.46. The summed E-state index contributed by atoms with van der Waals surface area (Å²) in [6, 6.07) is 0.933. The number of hydrogen-bond donors (Lipinski definition) is 2. The molecule has 1 unspecified atom stereocenters. The molecular formula is C7H14N2O. The number of rotatable bonds is 0. The minimum Gasteiger partial charge on any atom is -0.393 e. The average Bonchev–Trinajstić information content (AvgIpc) is 2.20. The molecule has 2 bridgehead atoms. The van der Waals surface area contributed by atoms with E-state index >= 15 is 0 Å². The summed E-state index contributed by atoms with van der Waals surface area (Å²) in [5, 5.41) is 11.3. The van der Waals surface area contributed by atoms with Crippen LogP contribution in [0.5, 0.6) is 0 Å². The van der Waals surface area contributed by atoms with Gasteiger partial charge in [0.15, 0.2) is 0 Å². The molecule has 3 N–H and O–H groups in total. The number of piperidine rings is 1. The van der Waals surface area contributed by atoms with Crippen molar-refractivity contribution >= 4 is 0 Å². The lowest BCUT2D eigenvalue weighted by Crippen LogP contribution is -2.48. The third-order valence-electron chi connectivity index (χ3n) is 2.76. The minimum absolute atomic E-state index is 0.0858. The normalized spacial score (nSPS) is 48.0. The van der Waals surface area contributed by atoms with Crippen LogP contribution >= 0.6 is 0 Å². The Balaban J connectivity index is 2.09. The molecule has 0 saturated carbocycles. The van der Waals surface area contributed by atoms with E-state index in [4.69, 9.17) is 5.84 Å². The van der Waals surface area contributed by atoms with Crippen LogP contribution in [-0.4, -0.2) is 28.3 Å². The van der Waals surface area contributed by atoms with Crippen molar-refractivity contribution in [3.05, 3.63) is 0 Å². The molecule has 0 spiro atoms. The Bertz CT molecular complexity index is 126. The van der Waals surface area contributed by atoms with Gasteiger partial charge in [0.25, 0.3) is 0 Å². The maximum absolute atomic E-state index is 9.33. The lowest BCUT2D eigenvalue weighted by atomic mass is 10.0. The fraction of sp³-hybridized carbons (Fsp3) is 1.00. The number of nitrogens with zero attached hydrogens (tertiary/aromatic N) is 1. The molecule has 3 atom stereocenters. The van der Waals surface area contributed by atoms with E-state index in [1.165, 1.54) is 12.8 Å². The van der Waals surface area contributed by atoms with Gasteiger partial charge in [-0.25, -0.2) is 5.01 Å². The highest BCUT2D eigenvalue weighted by Crippen LogP contribution is 2.32. The summed E-state index contributed by atoms with van der Waals surface area (Å²) in [6.45, 7) is 0. The van der Waals surface area contributed by atoms with Crippen LogP contribution in [0.2, 0.25) is 0 Å². The second-order valence-electron chi connectivity index (χ2n) is 3.46. The second kappa shape index (κ2) is 2.19.